The third kappa shape index (κ3) is 4.23. The summed E-state index contributed by atoms with van der Waals surface area (Å²) in [4.78, 5) is 22.4. The molecule has 0 aliphatic carbocycles. The lowest BCUT2D eigenvalue weighted by atomic mass is 9.82. The maximum Gasteiger partial charge on any atom is 0.256 e. The van der Waals surface area contributed by atoms with Crippen molar-refractivity contribution >= 4 is 29.8 Å². The lowest BCUT2D eigenvalue weighted by molar-refractivity contribution is 0.0591. The minimum atomic E-state index is -0.0508. The van der Waals surface area contributed by atoms with Crippen molar-refractivity contribution in [2.75, 3.05) is 37.1 Å². The number of nitrogens with one attached hydrogen (secondary N) is 2. The average Bonchev–Trinajstić information content (AvgIpc) is 2.74. The number of nitrogens with zero attached hydrogens (tertiary/aromatic N) is 4. The van der Waals surface area contributed by atoms with Crippen LogP contribution in [0.1, 0.15) is 28.0 Å². The highest BCUT2D eigenvalue weighted by Gasteiger charge is 2.44. The van der Waals surface area contributed by atoms with Gasteiger partial charge in [0.05, 0.1) is 30.6 Å². The van der Waals surface area contributed by atoms with Gasteiger partial charge < -0.3 is 19.9 Å². The van der Waals surface area contributed by atoms with Crippen molar-refractivity contribution in [2.24, 2.45) is 11.0 Å². The maximum atomic E-state index is 13.4. The highest BCUT2D eigenvalue weighted by Crippen LogP contribution is 2.37. The molecule has 2 fully saturated rings. The fourth-order valence-electron chi connectivity index (χ4n) is 4.45. The quantitative estimate of drug-likeness (QED) is 0.553. The predicted octanol–water partition coefficient (Wildman–Crippen LogP) is 3.11. The summed E-state index contributed by atoms with van der Waals surface area (Å²) < 4.78 is 5.33. The van der Waals surface area contributed by atoms with E-state index in [1.807, 2.05) is 11.8 Å². The monoisotopic (exact) mass is 420 g/mol. The number of piperidine rings is 1. The molecule has 2 aromatic rings. The number of pyridine rings is 1. The van der Waals surface area contributed by atoms with Crippen LogP contribution < -0.4 is 15.1 Å². The Morgan fingerprint density at radius 2 is 2.13 bits per heavy atom. The standard InChI is InChI=1S/C23H28N6O2/c1-15-10-16(2)26-22(11-15)29-13-17-6-9-28(14-21(17)29)23(30)19-12-18(31-3)4-5-20(19)27-25-8-7-24/h4-5,7-8,10-12,17,21,24,27H,6,9,13-14H2,1-3H3/b24-7?,25-8-. The van der Waals surface area contributed by atoms with E-state index in [2.05, 4.69) is 34.5 Å². The molecule has 0 radical (unpaired) electrons. The second-order valence-corrected chi connectivity index (χ2v) is 8.13. The van der Waals surface area contributed by atoms with Crippen LogP contribution in [-0.4, -0.2) is 61.0 Å². The number of anilines is 2. The van der Waals surface area contributed by atoms with Crippen molar-refractivity contribution in [1.82, 2.24) is 9.88 Å². The van der Waals surface area contributed by atoms with E-state index in [9.17, 15) is 4.79 Å². The first-order valence-electron chi connectivity index (χ1n) is 10.5. The van der Waals surface area contributed by atoms with Crippen molar-refractivity contribution < 1.29 is 9.53 Å². The van der Waals surface area contributed by atoms with Crippen molar-refractivity contribution in [3.05, 3.63) is 47.2 Å². The van der Waals surface area contributed by atoms with Gasteiger partial charge in [0.15, 0.2) is 0 Å². The first-order chi connectivity index (χ1) is 15.0. The lowest BCUT2D eigenvalue weighted by Crippen LogP contribution is -2.65. The molecule has 0 bridgehead atoms. The van der Waals surface area contributed by atoms with Gasteiger partial charge >= 0.3 is 0 Å². The minimum absolute atomic E-state index is 0.0508. The number of methoxy groups -OCH3 is 1. The zero-order valence-corrected chi connectivity index (χ0v) is 18.1. The molecule has 1 aromatic heterocycles. The minimum Gasteiger partial charge on any atom is -0.497 e. The zero-order chi connectivity index (χ0) is 22.0. The van der Waals surface area contributed by atoms with Crippen molar-refractivity contribution in [3.63, 3.8) is 0 Å². The fourth-order valence-corrected chi connectivity index (χ4v) is 4.45. The Kier molecular flexibility index (Phi) is 5.88. The number of aromatic nitrogens is 1. The summed E-state index contributed by atoms with van der Waals surface area (Å²) in [6.45, 7) is 6.49. The number of hydrogen-bond acceptors (Lipinski definition) is 7. The van der Waals surface area contributed by atoms with Crippen LogP contribution in [-0.2, 0) is 0 Å². The van der Waals surface area contributed by atoms with E-state index in [1.165, 1.54) is 11.8 Å². The molecular formula is C23H28N6O2. The van der Waals surface area contributed by atoms with E-state index in [-0.39, 0.29) is 11.9 Å². The molecule has 1 aromatic carbocycles. The topological polar surface area (TPSA) is 93.9 Å². The summed E-state index contributed by atoms with van der Waals surface area (Å²) in [5, 5.41) is 11.0. The van der Waals surface area contributed by atoms with E-state index in [0.29, 0.717) is 29.5 Å². The Labute approximate surface area is 182 Å². The second-order valence-electron chi connectivity index (χ2n) is 8.13. The number of hydrogen-bond donors (Lipinski definition) is 2. The second kappa shape index (κ2) is 8.75. The predicted molar refractivity (Wildman–Crippen MR) is 123 cm³/mol. The molecule has 0 spiro atoms. The van der Waals surface area contributed by atoms with Crippen LogP contribution in [0, 0.1) is 25.2 Å². The van der Waals surface area contributed by atoms with Gasteiger partial charge in [0, 0.05) is 37.5 Å². The van der Waals surface area contributed by atoms with Crippen LogP contribution in [0.25, 0.3) is 0 Å². The summed E-state index contributed by atoms with van der Waals surface area (Å²) in [6.07, 6.45) is 3.39. The van der Waals surface area contributed by atoms with E-state index in [0.717, 1.165) is 37.2 Å². The van der Waals surface area contributed by atoms with Gasteiger partial charge in [0.25, 0.3) is 5.91 Å². The maximum absolute atomic E-state index is 13.4. The molecule has 8 heteroatoms. The van der Waals surface area contributed by atoms with Crippen LogP contribution in [0.4, 0.5) is 11.5 Å². The number of hydrazone groups is 1. The van der Waals surface area contributed by atoms with Crippen LogP contribution in [0.15, 0.2) is 35.4 Å². The lowest BCUT2D eigenvalue weighted by Gasteiger charge is -2.54. The summed E-state index contributed by atoms with van der Waals surface area (Å²) >= 11 is 0. The average molecular weight is 421 g/mol. The summed E-state index contributed by atoms with van der Waals surface area (Å²) in [7, 11) is 1.58. The van der Waals surface area contributed by atoms with E-state index >= 15 is 0 Å². The Morgan fingerprint density at radius 1 is 1.29 bits per heavy atom. The van der Waals surface area contributed by atoms with Gasteiger partial charge in [-0.05, 0) is 56.2 Å². The molecule has 8 nitrogen and oxygen atoms in total. The zero-order valence-electron chi connectivity index (χ0n) is 18.1. The Balaban J connectivity index is 1.54. The molecular weight excluding hydrogens is 392 g/mol. The van der Waals surface area contributed by atoms with Crippen molar-refractivity contribution in [2.45, 2.75) is 26.3 Å². The van der Waals surface area contributed by atoms with Gasteiger partial charge in [-0.3, -0.25) is 10.2 Å². The number of likely N-dealkylation sites (tertiary alicyclic amines) is 1. The molecule has 31 heavy (non-hydrogen) atoms. The van der Waals surface area contributed by atoms with Gasteiger partial charge in [0.2, 0.25) is 0 Å². The van der Waals surface area contributed by atoms with Crippen molar-refractivity contribution in [1.29, 1.82) is 5.41 Å². The summed E-state index contributed by atoms with van der Waals surface area (Å²) in [5.41, 5.74) is 6.18. The van der Waals surface area contributed by atoms with Crippen LogP contribution in [0.2, 0.25) is 0 Å². The Morgan fingerprint density at radius 3 is 2.87 bits per heavy atom. The number of aryl methyl sites for hydroxylation is 2. The third-order valence-electron chi connectivity index (χ3n) is 6.01. The van der Waals surface area contributed by atoms with E-state index < -0.39 is 0 Å². The molecule has 2 N–H and O–H groups in total. The van der Waals surface area contributed by atoms with Crippen LogP contribution in [0.5, 0.6) is 5.75 Å². The first kappa shape index (κ1) is 20.8. The normalized spacial score (nSPS) is 20.2. The Hall–Kier alpha value is -3.42. The van der Waals surface area contributed by atoms with E-state index in [4.69, 9.17) is 15.1 Å². The SMILES string of the molecule is COc1ccc(N/N=C\C=N)c(C(=O)N2CCC3CN(c4cc(C)cc(C)n4)C3C2)c1. The smallest absolute Gasteiger partial charge is 0.256 e. The fraction of sp³-hybridized carbons (Fsp3) is 0.391. The van der Waals surface area contributed by atoms with Gasteiger partial charge in [-0.15, -0.1) is 0 Å². The largest absolute Gasteiger partial charge is 0.497 e. The summed E-state index contributed by atoms with van der Waals surface area (Å²) in [5.74, 6) is 2.15. The number of ether oxygens (including phenoxy) is 1. The molecule has 2 atom stereocenters. The third-order valence-corrected chi connectivity index (χ3v) is 6.01. The number of fused-ring (bicyclic) bond motifs is 1. The molecule has 162 valence electrons. The molecule has 0 saturated carbocycles. The van der Waals surface area contributed by atoms with Crippen LogP contribution >= 0.6 is 0 Å². The number of amides is 1. The molecule has 1 amide bonds. The van der Waals surface area contributed by atoms with Gasteiger partial charge in [-0.2, -0.15) is 5.10 Å². The molecule has 2 aliphatic heterocycles. The highest BCUT2D eigenvalue weighted by molar-refractivity contribution is 6.14. The van der Waals surface area contributed by atoms with Gasteiger partial charge in [-0.1, -0.05) is 0 Å². The first-order valence-corrected chi connectivity index (χ1v) is 10.5. The van der Waals surface area contributed by atoms with Crippen molar-refractivity contribution in [3.8, 4) is 5.75 Å². The Bertz CT molecular complexity index is 1000. The molecule has 2 aliphatic rings. The number of carbonyl (C=O) groups is 1. The van der Waals surface area contributed by atoms with Gasteiger partial charge in [0.1, 0.15) is 11.6 Å². The molecule has 4 rings (SSSR count). The van der Waals surface area contributed by atoms with Gasteiger partial charge in [-0.25, -0.2) is 4.98 Å². The summed E-state index contributed by atoms with van der Waals surface area (Å²) in [6, 6.07) is 9.77. The highest BCUT2D eigenvalue weighted by atomic mass is 16.5. The number of benzene rings is 1. The molecule has 3 heterocycles. The number of rotatable bonds is 6. The molecule has 2 unspecified atom stereocenters. The van der Waals surface area contributed by atoms with Crippen LogP contribution in [0.3, 0.4) is 0 Å². The number of carbonyl (C=O) groups excluding carboxylic acids is 1. The van der Waals surface area contributed by atoms with E-state index in [1.54, 1.807) is 25.3 Å². The molecule has 2 saturated heterocycles.